The average Bonchev–Trinajstić information content (AvgIpc) is 2.54. The summed E-state index contributed by atoms with van der Waals surface area (Å²) in [6.45, 7) is 7.12. The maximum atomic E-state index is 12.2. The molecule has 1 aromatic rings. The molecule has 2 rings (SSSR count). The van der Waals surface area contributed by atoms with Gasteiger partial charge in [0.25, 0.3) is 5.91 Å². The smallest absolute Gasteiger partial charge is 0.251 e. The summed E-state index contributed by atoms with van der Waals surface area (Å²) in [4.78, 5) is 24.3. The highest BCUT2D eigenvalue weighted by Crippen LogP contribution is 2.19. The molecule has 1 aromatic carbocycles. The fourth-order valence-corrected chi connectivity index (χ4v) is 2.43. The molecule has 1 atom stereocenters. The van der Waals surface area contributed by atoms with Crippen molar-refractivity contribution in [2.45, 2.75) is 45.7 Å². The zero-order valence-corrected chi connectivity index (χ0v) is 14.6. The first-order chi connectivity index (χ1) is 11.3. The number of benzene rings is 1. The summed E-state index contributed by atoms with van der Waals surface area (Å²) in [5.74, 6) is -0.340. The van der Waals surface area contributed by atoms with Gasteiger partial charge in [-0.2, -0.15) is 0 Å². The largest absolute Gasteiger partial charge is 0.381 e. The van der Waals surface area contributed by atoms with Gasteiger partial charge in [-0.15, -0.1) is 0 Å². The zero-order chi connectivity index (χ0) is 17.7. The zero-order valence-electron chi connectivity index (χ0n) is 14.6. The number of nitrogens with one attached hydrogen (secondary N) is 2. The van der Waals surface area contributed by atoms with Crippen molar-refractivity contribution in [1.29, 1.82) is 0 Å². The summed E-state index contributed by atoms with van der Waals surface area (Å²) in [6, 6.07) is 6.39. The van der Waals surface area contributed by atoms with E-state index in [0.29, 0.717) is 24.5 Å². The highest BCUT2D eigenvalue weighted by molar-refractivity contribution is 5.97. The maximum Gasteiger partial charge on any atom is 0.251 e. The van der Waals surface area contributed by atoms with Crippen LogP contribution in [0.2, 0.25) is 0 Å². The van der Waals surface area contributed by atoms with E-state index in [4.69, 9.17) is 10.5 Å². The standard InChI is InChI=1S/C18H27N3O3/c1-18(2,3)15(19)17(23)21-13-6-4-12(5-7-13)16(22)20-14-8-10-24-11-9-14/h4-7,14-15H,8-11,19H2,1-3H3,(H,20,22)(H,21,23)/t15-/m1/s1. The second-order valence-corrected chi connectivity index (χ2v) is 7.27. The summed E-state index contributed by atoms with van der Waals surface area (Å²) < 4.78 is 5.28. The van der Waals surface area contributed by atoms with Crippen molar-refractivity contribution in [3.63, 3.8) is 0 Å². The Morgan fingerprint density at radius 2 is 1.75 bits per heavy atom. The van der Waals surface area contributed by atoms with Crippen molar-refractivity contribution in [2.75, 3.05) is 18.5 Å². The van der Waals surface area contributed by atoms with Crippen LogP contribution in [0.5, 0.6) is 0 Å². The van der Waals surface area contributed by atoms with Crippen LogP contribution in [0.1, 0.15) is 44.0 Å². The van der Waals surface area contributed by atoms with Crippen LogP contribution < -0.4 is 16.4 Å². The lowest BCUT2D eigenvalue weighted by Gasteiger charge is -2.25. The molecule has 1 saturated heterocycles. The minimum atomic E-state index is -0.603. The van der Waals surface area contributed by atoms with Crippen LogP contribution in [0.3, 0.4) is 0 Å². The second kappa shape index (κ2) is 7.77. The quantitative estimate of drug-likeness (QED) is 0.784. The maximum absolute atomic E-state index is 12.2. The molecule has 0 aliphatic carbocycles. The Hall–Kier alpha value is -1.92. The highest BCUT2D eigenvalue weighted by Gasteiger charge is 2.27. The highest BCUT2D eigenvalue weighted by atomic mass is 16.5. The number of amides is 2. The number of ether oxygens (including phenoxy) is 1. The number of nitrogens with two attached hydrogens (primary N) is 1. The molecule has 0 aromatic heterocycles. The van der Waals surface area contributed by atoms with Gasteiger partial charge in [0, 0.05) is 30.5 Å². The molecule has 2 amide bonds. The molecular formula is C18H27N3O3. The van der Waals surface area contributed by atoms with E-state index < -0.39 is 6.04 Å². The number of carbonyl (C=O) groups excluding carboxylic acids is 2. The molecule has 0 bridgehead atoms. The van der Waals surface area contributed by atoms with E-state index in [2.05, 4.69) is 10.6 Å². The van der Waals surface area contributed by atoms with Crippen molar-refractivity contribution >= 4 is 17.5 Å². The van der Waals surface area contributed by atoms with Crippen molar-refractivity contribution in [2.24, 2.45) is 11.1 Å². The predicted molar refractivity (Wildman–Crippen MR) is 93.8 cm³/mol. The van der Waals surface area contributed by atoms with E-state index in [1.165, 1.54) is 0 Å². The molecule has 1 fully saturated rings. The van der Waals surface area contributed by atoms with Crippen LogP contribution in [0, 0.1) is 5.41 Å². The number of anilines is 1. The Bertz CT molecular complexity index is 572. The first kappa shape index (κ1) is 18.4. The van der Waals surface area contributed by atoms with Gasteiger partial charge in [0.2, 0.25) is 5.91 Å². The molecule has 0 spiro atoms. The molecule has 1 aliphatic rings. The Labute approximate surface area is 143 Å². The lowest BCUT2D eigenvalue weighted by molar-refractivity contribution is -0.119. The monoisotopic (exact) mass is 333 g/mol. The number of hydrogen-bond donors (Lipinski definition) is 3. The Balaban J connectivity index is 1.92. The first-order valence-corrected chi connectivity index (χ1v) is 8.32. The summed E-state index contributed by atoms with van der Waals surface area (Å²) in [7, 11) is 0. The van der Waals surface area contributed by atoms with E-state index in [0.717, 1.165) is 12.8 Å². The normalized spacial score (nSPS) is 17.2. The van der Waals surface area contributed by atoms with Crippen LogP contribution in [0.15, 0.2) is 24.3 Å². The molecule has 24 heavy (non-hydrogen) atoms. The first-order valence-electron chi connectivity index (χ1n) is 8.32. The van der Waals surface area contributed by atoms with E-state index in [-0.39, 0.29) is 23.3 Å². The van der Waals surface area contributed by atoms with Crippen molar-refractivity contribution in [3.8, 4) is 0 Å². The molecule has 0 saturated carbocycles. The fraction of sp³-hybridized carbons (Fsp3) is 0.556. The molecule has 1 heterocycles. The van der Waals surface area contributed by atoms with Gasteiger partial charge in [0.1, 0.15) is 0 Å². The lowest BCUT2D eigenvalue weighted by Crippen LogP contribution is -2.45. The third kappa shape index (κ3) is 5.04. The molecule has 6 heteroatoms. The molecule has 0 unspecified atom stereocenters. The summed E-state index contributed by atoms with van der Waals surface area (Å²) >= 11 is 0. The van der Waals surface area contributed by atoms with Crippen LogP contribution in [-0.2, 0) is 9.53 Å². The van der Waals surface area contributed by atoms with Gasteiger partial charge in [-0.3, -0.25) is 9.59 Å². The van der Waals surface area contributed by atoms with Gasteiger partial charge in [-0.25, -0.2) is 0 Å². The minimum Gasteiger partial charge on any atom is -0.381 e. The van der Waals surface area contributed by atoms with Gasteiger partial charge in [0.05, 0.1) is 6.04 Å². The Morgan fingerprint density at radius 3 is 2.29 bits per heavy atom. The van der Waals surface area contributed by atoms with Crippen LogP contribution in [-0.4, -0.2) is 37.1 Å². The fourth-order valence-electron chi connectivity index (χ4n) is 2.43. The second-order valence-electron chi connectivity index (χ2n) is 7.27. The Kier molecular flexibility index (Phi) is 5.96. The van der Waals surface area contributed by atoms with E-state index >= 15 is 0 Å². The van der Waals surface area contributed by atoms with E-state index in [1.807, 2.05) is 20.8 Å². The number of carbonyl (C=O) groups is 2. The van der Waals surface area contributed by atoms with Gasteiger partial charge in [-0.05, 0) is 42.5 Å². The predicted octanol–water partition coefficient (Wildman–Crippen LogP) is 1.91. The van der Waals surface area contributed by atoms with Crippen LogP contribution >= 0.6 is 0 Å². The van der Waals surface area contributed by atoms with E-state index in [1.54, 1.807) is 24.3 Å². The number of hydrogen-bond acceptors (Lipinski definition) is 4. The van der Waals surface area contributed by atoms with Gasteiger partial charge < -0.3 is 21.1 Å². The molecule has 6 nitrogen and oxygen atoms in total. The summed E-state index contributed by atoms with van der Waals surface area (Å²) in [5.41, 5.74) is 6.82. The Morgan fingerprint density at radius 1 is 1.17 bits per heavy atom. The third-order valence-electron chi connectivity index (χ3n) is 4.19. The lowest BCUT2D eigenvalue weighted by atomic mass is 9.87. The molecule has 132 valence electrons. The van der Waals surface area contributed by atoms with Crippen molar-refractivity contribution in [3.05, 3.63) is 29.8 Å². The average molecular weight is 333 g/mol. The summed E-state index contributed by atoms with van der Waals surface area (Å²) in [6.07, 6.45) is 1.68. The molecule has 0 radical (unpaired) electrons. The van der Waals surface area contributed by atoms with Gasteiger partial charge in [0.15, 0.2) is 0 Å². The van der Waals surface area contributed by atoms with Crippen LogP contribution in [0.4, 0.5) is 5.69 Å². The number of rotatable bonds is 4. The third-order valence-corrected chi connectivity index (χ3v) is 4.19. The van der Waals surface area contributed by atoms with Crippen LogP contribution in [0.25, 0.3) is 0 Å². The van der Waals surface area contributed by atoms with Gasteiger partial charge in [-0.1, -0.05) is 20.8 Å². The van der Waals surface area contributed by atoms with Gasteiger partial charge >= 0.3 is 0 Å². The van der Waals surface area contributed by atoms with Crippen molar-refractivity contribution < 1.29 is 14.3 Å². The summed E-state index contributed by atoms with van der Waals surface area (Å²) in [5, 5.41) is 5.79. The topological polar surface area (TPSA) is 93.5 Å². The van der Waals surface area contributed by atoms with Crippen molar-refractivity contribution in [1.82, 2.24) is 5.32 Å². The minimum absolute atomic E-state index is 0.105. The molecular weight excluding hydrogens is 306 g/mol. The SMILES string of the molecule is CC(C)(C)[C@H](N)C(=O)Nc1ccc(C(=O)NC2CCOCC2)cc1. The molecule has 1 aliphatic heterocycles. The van der Waals surface area contributed by atoms with E-state index in [9.17, 15) is 9.59 Å². The molecule has 4 N–H and O–H groups in total.